The van der Waals surface area contributed by atoms with Crippen molar-refractivity contribution in [2.75, 3.05) is 0 Å². The van der Waals surface area contributed by atoms with Crippen LogP contribution in [-0.4, -0.2) is 9.78 Å². The third kappa shape index (κ3) is 2.87. The van der Waals surface area contributed by atoms with E-state index in [1.165, 1.54) is 12.1 Å². The Kier molecular flexibility index (Phi) is 3.82. The predicted octanol–water partition coefficient (Wildman–Crippen LogP) is 4.45. The van der Waals surface area contributed by atoms with Crippen molar-refractivity contribution < 1.29 is 4.39 Å². The van der Waals surface area contributed by atoms with E-state index in [0.29, 0.717) is 0 Å². The Morgan fingerprint density at radius 1 is 1.00 bits per heavy atom. The molecule has 0 aliphatic rings. The lowest BCUT2D eigenvalue weighted by atomic mass is 10.1. The first-order chi connectivity index (χ1) is 10.3. The van der Waals surface area contributed by atoms with E-state index in [4.69, 9.17) is 0 Å². The second-order valence-electron chi connectivity index (χ2n) is 4.88. The van der Waals surface area contributed by atoms with Crippen LogP contribution in [0.25, 0.3) is 16.9 Å². The summed E-state index contributed by atoms with van der Waals surface area (Å²) in [6.07, 6.45) is 1.63. The highest BCUT2D eigenvalue weighted by Crippen LogP contribution is 2.24. The molecule has 0 unspecified atom stereocenters. The molecule has 0 saturated carbocycles. The van der Waals surface area contributed by atoms with Crippen molar-refractivity contribution in [3.05, 3.63) is 79.1 Å². The Labute approximate surface area is 123 Å². The zero-order valence-corrected chi connectivity index (χ0v) is 11.7. The minimum atomic E-state index is -0.234. The van der Waals surface area contributed by atoms with Gasteiger partial charge >= 0.3 is 0 Å². The number of hydrogen-bond donors (Lipinski definition) is 0. The minimum absolute atomic E-state index is 0.234. The molecule has 1 aromatic heterocycles. The Morgan fingerprint density at radius 2 is 1.71 bits per heavy atom. The molecule has 2 aromatic carbocycles. The maximum Gasteiger partial charge on any atom is 0.123 e. The highest BCUT2D eigenvalue weighted by molar-refractivity contribution is 5.62. The van der Waals surface area contributed by atoms with Crippen LogP contribution >= 0.6 is 0 Å². The summed E-state index contributed by atoms with van der Waals surface area (Å²) in [6, 6.07) is 18.5. The van der Waals surface area contributed by atoms with Gasteiger partial charge in [0.2, 0.25) is 0 Å². The zero-order valence-electron chi connectivity index (χ0n) is 11.7. The van der Waals surface area contributed by atoms with Gasteiger partial charge in [0.1, 0.15) is 5.82 Å². The summed E-state index contributed by atoms with van der Waals surface area (Å²) >= 11 is 0. The van der Waals surface area contributed by atoms with E-state index < -0.39 is 0 Å². The molecule has 3 rings (SSSR count). The molecule has 0 aliphatic carbocycles. The van der Waals surface area contributed by atoms with E-state index in [1.807, 2.05) is 41.1 Å². The summed E-state index contributed by atoms with van der Waals surface area (Å²) in [6.45, 7) is 3.88. The molecule has 0 atom stereocenters. The lowest BCUT2D eigenvalue weighted by Gasteiger charge is -2.07. The molecule has 0 N–H and O–H groups in total. The van der Waals surface area contributed by atoms with Crippen LogP contribution in [0.15, 0.2) is 60.7 Å². The average molecular weight is 279 g/mol. The normalized spacial score (nSPS) is 10.8. The van der Waals surface area contributed by atoms with Gasteiger partial charge in [0.15, 0.2) is 0 Å². The lowest BCUT2D eigenvalue weighted by molar-refractivity contribution is 0.628. The highest BCUT2D eigenvalue weighted by atomic mass is 19.1. The van der Waals surface area contributed by atoms with Gasteiger partial charge in [-0.25, -0.2) is 9.07 Å². The van der Waals surface area contributed by atoms with Crippen LogP contribution < -0.4 is 0 Å². The largest absolute Gasteiger partial charge is 0.233 e. The Bertz CT molecular complexity index is 715. The maximum absolute atomic E-state index is 13.1. The van der Waals surface area contributed by atoms with Gasteiger partial charge in [-0.2, -0.15) is 5.10 Å². The zero-order chi connectivity index (χ0) is 14.7. The number of aromatic nitrogens is 2. The average Bonchev–Trinajstić information content (AvgIpc) is 2.93. The number of rotatable bonds is 4. The van der Waals surface area contributed by atoms with Crippen molar-refractivity contribution in [3.63, 3.8) is 0 Å². The van der Waals surface area contributed by atoms with Crippen molar-refractivity contribution in [3.8, 4) is 16.9 Å². The molecule has 1 heterocycles. The van der Waals surface area contributed by atoms with Crippen LogP contribution in [0.3, 0.4) is 0 Å². The first kappa shape index (κ1) is 13.6. The molecule has 1 radical (unpaired) electrons. The van der Waals surface area contributed by atoms with Crippen molar-refractivity contribution >= 4 is 0 Å². The molecular formula is C18H16FN2. The Balaban J connectivity index is 2.11. The minimum Gasteiger partial charge on any atom is -0.233 e. The van der Waals surface area contributed by atoms with Crippen LogP contribution in [0.4, 0.5) is 4.39 Å². The second-order valence-corrected chi connectivity index (χ2v) is 4.88. The number of hydrogen-bond acceptors (Lipinski definition) is 1. The van der Waals surface area contributed by atoms with E-state index in [-0.39, 0.29) is 5.82 Å². The molecule has 0 saturated heterocycles. The molecule has 0 bridgehead atoms. The third-order valence-corrected chi connectivity index (χ3v) is 3.33. The Morgan fingerprint density at radius 3 is 2.38 bits per heavy atom. The smallest absolute Gasteiger partial charge is 0.123 e. The number of para-hydroxylation sites is 1. The van der Waals surface area contributed by atoms with Gasteiger partial charge < -0.3 is 0 Å². The van der Waals surface area contributed by atoms with E-state index in [1.54, 1.807) is 12.1 Å². The summed E-state index contributed by atoms with van der Waals surface area (Å²) < 4.78 is 15.0. The molecule has 0 fully saturated rings. The van der Waals surface area contributed by atoms with E-state index in [2.05, 4.69) is 12.0 Å². The maximum atomic E-state index is 13.1. The fourth-order valence-electron chi connectivity index (χ4n) is 2.33. The van der Waals surface area contributed by atoms with Gasteiger partial charge in [0.05, 0.1) is 17.1 Å². The summed E-state index contributed by atoms with van der Waals surface area (Å²) in [5.41, 5.74) is 3.90. The molecule has 3 aromatic rings. The summed E-state index contributed by atoms with van der Waals surface area (Å²) in [4.78, 5) is 0. The quantitative estimate of drug-likeness (QED) is 0.690. The fourth-order valence-corrected chi connectivity index (χ4v) is 2.33. The van der Waals surface area contributed by atoms with E-state index >= 15 is 0 Å². The summed E-state index contributed by atoms with van der Waals surface area (Å²) in [5.74, 6) is -0.234. The predicted molar refractivity (Wildman–Crippen MR) is 82.6 cm³/mol. The Hall–Kier alpha value is -2.42. The van der Waals surface area contributed by atoms with Gasteiger partial charge in [-0.1, -0.05) is 25.1 Å². The fraction of sp³-hybridized carbons (Fsp3) is 0.111. The SMILES string of the molecule is [CH2]CCc1cc(-c2ccc(F)cc2)n(-c2ccccc2)n1. The molecule has 0 spiro atoms. The molecule has 0 aliphatic heterocycles. The van der Waals surface area contributed by atoms with Gasteiger partial charge in [-0.15, -0.1) is 0 Å². The van der Waals surface area contributed by atoms with Gasteiger partial charge in [-0.05, 0) is 55.3 Å². The van der Waals surface area contributed by atoms with E-state index in [9.17, 15) is 4.39 Å². The molecule has 2 nitrogen and oxygen atoms in total. The van der Waals surface area contributed by atoms with E-state index in [0.717, 1.165) is 35.5 Å². The first-order valence-electron chi connectivity index (χ1n) is 6.97. The van der Waals surface area contributed by atoms with Crippen molar-refractivity contribution in [1.82, 2.24) is 9.78 Å². The first-order valence-corrected chi connectivity index (χ1v) is 6.97. The van der Waals surface area contributed by atoms with Crippen LogP contribution in [0.2, 0.25) is 0 Å². The molecule has 3 heteroatoms. The van der Waals surface area contributed by atoms with Crippen LogP contribution in [-0.2, 0) is 6.42 Å². The molecular weight excluding hydrogens is 263 g/mol. The number of nitrogens with zero attached hydrogens (tertiary/aromatic N) is 2. The summed E-state index contributed by atoms with van der Waals surface area (Å²) in [5, 5.41) is 4.65. The molecule has 21 heavy (non-hydrogen) atoms. The summed E-state index contributed by atoms with van der Waals surface area (Å²) in [7, 11) is 0. The lowest BCUT2D eigenvalue weighted by Crippen LogP contribution is -1.99. The van der Waals surface area contributed by atoms with Crippen molar-refractivity contribution in [2.24, 2.45) is 0 Å². The van der Waals surface area contributed by atoms with Crippen molar-refractivity contribution in [1.29, 1.82) is 0 Å². The standard InChI is InChI=1S/C18H16FN2/c1-2-6-16-13-18(14-9-11-15(19)12-10-14)21(20-16)17-7-4-3-5-8-17/h3-5,7-13H,1-2,6H2. The second kappa shape index (κ2) is 5.92. The third-order valence-electron chi connectivity index (χ3n) is 3.33. The van der Waals surface area contributed by atoms with Crippen LogP contribution in [0, 0.1) is 12.7 Å². The van der Waals surface area contributed by atoms with Crippen LogP contribution in [0.5, 0.6) is 0 Å². The monoisotopic (exact) mass is 279 g/mol. The van der Waals surface area contributed by atoms with Crippen LogP contribution in [0.1, 0.15) is 12.1 Å². The topological polar surface area (TPSA) is 17.8 Å². The number of benzene rings is 2. The highest BCUT2D eigenvalue weighted by Gasteiger charge is 2.11. The van der Waals surface area contributed by atoms with Gasteiger partial charge in [0, 0.05) is 5.56 Å². The van der Waals surface area contributed by atoms with Gasteiger partial charge in [-0.3, -0.25) is 0 Å². The number of aryl methyl sites for hydroxylation is 1. The molecule has 0 amide bonds. The van der Waals surface area contributed by atoms with Gasteiger partial charge in [0.25, 0.3) is 0 Å². The molecule has 105 valence electrons. The number of halogens is 1. The van der Waals surface area contributed by atoms with Crippen molar-refractivity contribution in [2.45, 2.75) is 12.8 Å².